The summed E-state index contributed by atoms with van der Waals surface area (Å²) in [6.45, 7) is 0. The van der Waals surface area contributed by atoms with Crippen molar-refractivity contribution >= 4 is 53.3 Å². The molecule has 0 fully saturated rings. The molecule has 0 aliphatic rings. The molecular formula is C37H22N6S. The van der Waals surface area contributed by atoms with Crippen molar-refractivity contribution in [1.29, 1.82) is 0 Å². The van der Waals surface area contributed by atoms with E-state index < -0.39 is 0 Å². The SMILES string of the molecule is c1ccc(-c2nc(-c3ccccc3)nc(-c3cnc(-n4c5ccccc5c5ccc6c7ccccc7sc6c54)nc3)n2)cc1. The monoisotopic (exact) mass is 582 g/mol. The number of hydrogen-bond acceptors (Lipinski definition) is 6. The maximum absolute atomic E-state index is 4.92. The van der Waals surface area contributed by atoms with Crippen LogP contribution in [-0.4, -0.2) is 29.5 Å². The molecule has 0 amide bonds. The summed E-state index contributed by atoms with van der Waals surface area (Å²) in [6, 6.07) is 41.4. The van der Waals surface area contributed by atoms with Crippen molar-refractivity contribution in [3.8, 4) is 40.1 Å². The third-order valence-corrected chi connectivity index (χ3v) is 9.17. The molecule has 0 aliphatic carbocycles. The van der Waals surface area contributed by atoms with Gasteiger partial charge in [-0.1, -0.05) is 109 Å². The average molecular weight is 583 g/mol. The quantitative estimate of drug-likeness (QED) is 0.207. The van der Waals surface area contributed by atoms with Gasteiger partial charge >= 0.3 is 0 Å². The zero-order chi connectivity index (χ0) is 29.0. The molecule has 7 heteroatoms. The number of thiophene rings is 1. The lowest BCUT2D eigenvalue weighted by Crippen LogP contribution is -2.03. The summed E-state index contributed by atoms with van der Waals surface area (Å²) >= 11 is 1.81. The van der Waals surface area contributed by atoms with Gasteiger partial charge in [-0.05, 0) is 12.1 Å². The van der Waals surface area contributed by atoms with Crippen LogP contribution >= 0.6 is 11.3 Å². The van der Waals surface area contributed by atoms with Crippen LogP contribution in [0.4, 0.5) is 0 Å². The second-order valence-electron chi connectivity index (χ2n) is 10.6. The van der Waals surface area contributed by atoms with Crippen molar-refractivity contribution in [3.05, 3.63) is 134 Å². The van der Waals surface area contributed by atoms with Crippen LogP contribution in [0.1, 0.15) is 0 Å². The summed E-state index contributed by atoms with van der Waals surface area (Å²) < 4.78 is 4.68. The first kappa shape index (κ1) is 24.8. The molecule has 0 N–H and O–H groups in total. The molecule has 0 unspecified atom stereocenters. The summed E-state index contributed by atoms with van der Waals surface area (Å²) in [5, 5.41) is 4.86. The highest BCUT2D eigenvalue weighted by atomic mass is 32.1. The van der Waals surface area contributed by atoms with Crippen molar-refractivity contribution in [3.63, 3.8) is 0 Å². The van der Waals surface area contributed by atoms with Gasteiger partial charge in [-0.3, -0.25) is 4.57 Å². The van der Waals surface area contributed by atoms with Crippen LogP contribution in [-0.2, 0) is 0 Å². The molecule has 206 valence electrons. The number of para-hydroxylation sites is 1. The maximum Gasteiger partial charge on any atom is 0.234 e. The van der Waals surface area contributed by atoms with E-state index in [-0.39, 0.29) is 0 Å². The van der Waals surface area contributed by atoms with Crippen LogP contribution in [0.2, 0.25) is 0 Å². The smallest absolute Gasteiger partial charge is 0.234 e. The van der Waals surface area contributed by atoms with Gasteiger partial charge in [-0.2, -0.15) is 0 Å². The van der Waals surface area contributed by atoms with Crippen LogP contribution in [0.15, 0.2) is 134 Å². The molecule has 0 bridgehead atoms. The van der Waals surface area contributed by atoms with E-state index in [2.05, 4.69) is 65.2 Å². The average Bonchev–Trinajstić information content (AvgIpc) is 3.65. The first-order chi connectivity index (χ1) is 21.8. The largest absolute Gasteiger partial charge is 0.276 e. The van der Waals surface area contributed by atoms with E-state index in [1.807, 2.05) is 84.4 Å². The Morgan fingerprint density at radius 1 is 0.455 bits per heavy atom. The van der Waals surface area contributed by atoms with Gasteiger partial charge < -0.3 is 0 Å². The summed E-state index contributed by atoms with van der Waals surface area (Å²) in [6.07, 6.45) is 3.62. The summed E-state index contributed by atoms with van der Waals surface area (Å²) in [5.74, 6) is 2.34. The highest BCUT2D eigenvalue weighted by molar-refractivity contribution is 7.26. The fourth-order valence-electron chi connectivity index (χ4n) is 5.93. The van der Waals surface area contributed by atoms with Crippen molar-refractivity contribution in [2.75, 3.05) is 0 Å². The topological polar surface area (TPSA) is 69.4 Å². The molecule has 9 rings (SSSR count). The molecule has 4 aromatic heterocycles. The summed E-state index contributed by atoms with van der Waals surface area (Å²) in [4.78, 5) is 24.3. The van der Waals surface area contributed by atoms with Gasteiger partial charge in [0.15, 0.2) is 17.5 Å². The minimum atomic E-state index is 0.526. The van der Waals surface area contributed by atoms with Gasteiger partial charge in [0.2, 0.25) is 5.95 Å². The highest BCUT2D eigenvalue weighted by Gasteiger charge is 2.19. The van der Waals surface area contributed by atoms with Crippen LogP contribution in [0.25, 0.3) is 82.1 Å². The summed E-state index contributed by atoms with van der Waals surface area (Å²) in [7, 11) is 0. The number of benzene rings is 5. The predicted molar refractivity (Wildman–Crippen MR) is 179 cm³/mol. The number of nitrogens with zero attached hydrogens (tertiary/aromatic N) is 6. The van der Waals surface area contributed by atoms with E-state index in [0.29, 0.717) is 23.4 Å². The molecule has 9 aromatic rings. The Morgan fingerprint density at radius 3 is 1.68 bits per heavy atom. The first-order valence-corrected chi connectivity index (χ1v) is 15.2. The molecule has 0 atom stereocenters. The maximum atomic E-state index is 4.92. The Morgan fingerprint density at radius 2 is 1.00 bits per heavy atom. The lowest BCUT2D eigenvalue weighted by Gasteiger charge is -2.09. The third kappa shape index (κ3) is 3.91. The van der Waals surface area contributed by atoms with Gasteiger partial charge in [0.1, 0.15) is 0 Å². The van der Waals surface area contributed by atoms with E-state index in [0.717, 1.165) is 27.7 Å². The molecule has 6 nitrogen and oxygen atoms in total. The lowest BCUT2D eigenvalue weighted by molar-refractivity contribution is 0.984. The predicted octanol–water partition coefficient (Wildman–Crippen LogP) is 9.13. The lowest BCUT2D eigenvalue weighted by atomic mass is 10.1. The zero-order valence-corrected chi connectivity index (χ0v) is 24.1. The summed E-state index contributed by atoms with van der Waals surface area (Å²) in [5.41, 5.74) is 4.75. The van der Waals surface area contributed by atoms with Crippen molar-refractivity contribution in [2.45, 2.75) is 0 Å². The van der Waals surface area contributed by atoms with Gasteiger partial charge in [-0.25, -0.2) is 24.9 Å². The molecule has 0 radical (unpaired) electrons. The van der Waals surface area contributed by atoms with Crippen molar-refractivity contribution in [2.24, 2.45) is 0 Å². The van der Waals surface area contributed by atoms with E-state index in [4.69, 9.17) is 24.9 Å². The van der Waals surface area contributed by atoms with Crippen LogP contribution in [0, 0.1) is 0 Å². The molecule has 0 saturated heterocycles. The molecule has 0 spiro atoms. The minimum absolute atomic E-state index is 0.526. The Hall–Kier alpha value is -5.79. The molecule has 0 aliphatic heterocycles. The van der Waals surface area contributed by atoms with Gasteiger partial charge in [0.25, 0.3) is 0 Å². The van der Waals surface area contributed by atoms with E-state index in [9.17, 15) is 0 Å². The second kappa shape index (κ2) is 9.90. The fraction of sp³-hybridized carbons (Fsp3) is 0. The number of fused-ring (bicyclic) bond motifs is 7. The Balaban J connectivity index is 1.24. The normalized spacial score (nSPS) is 11.6. The van der Waals surface area contributed by atoms with Crippen LogP contribution in [0.3, 0.4) is 0 Å². The Kier molecular flexibility index (Phi) is 5.57. The standard InChI is InChI=1S/C37H22N6S/c1-3-11-23(12-4-1)34-40-35(24-13-5-2-6-14-24)42-36(41-34)25-21-38-37(39-22-25)43-30-17-9-7-15-26(30)28-19-20-29-27-16-8-10-18-31(27)44-33(29)32(28)43/h1-22H. The Labute approximate surface area is 256 Å². The van der Waals surface area contributed by atoms with Crippen LogP contribution in [0.5, 0.6) is 0 Å². The van der Waals surface area contributed by atoms with E-state index >= 15 is 0 Å². The van der Waals surface area contributed by atoms with Crippen LogP contribution < -0.4 is 0 Å². The highest BCUT2D eigenvalue weighted by Crippen LogP contribution is 2.42. The van der Waals surface area contributed by atoms with Gasteiger partial charge in [0, 0.05) is 49.8 Å². The second-order valence-corrected chi connectivity index (χ2v) is 11.7. The van der Waals surface area contributed by atoms with E-state index in [1.54, 1.807) is 0 Å². The zero-order valence-electron chi connectivity index (χ0n) is 23.3. The molecule has 5 aromatic carbocycles. The fourth-order valence-corrected chi connectivity index (χ4v) is 7.17. The molecule has 0 saturated carbocycles. The molecular weight excluding hydrogens is 561 g/mol. The van der Waals surface area contributed by atoms with Crippen molar-refractivity contribution < 1.29 is 0 Å². The van der Waals surface area contributed by atoms with Crippen molar-refractivity contribution in [1.82, 2.24) is 29.5 Å². The molecule has 4 heterocycles. The number of aromatic nitrogens is 6. The minimum Gasteiger partial charge on any atom is -0.276 e. The number of rotatable bonds is 4. The number of hydrogen-bond donors (Lipinski definition) is 0. The van der Waals surface area contributed by atoms with Gasteiger partial charge in [0.05, 0.1) is 21.3 Å². The van der Waals surface area contributed by atoms with Gasteiger partial charge in [-0.15, -0.1) is 11.3 Å². The third-order valence-electron chi connectivity index (χ3n) is 7.98. The Bertz CT molecular complexity index is 2430. The first-order valence-electron chi connectivity index (χ1n) is 14.3. The van der Waals surface area contributed by atoms with E-state index in [1.165, 1.54) is 30.9 Å². The molecule has 44 heavy (non-hydrogen) atoms.